The number of fused-ring (bicyclic) bond motifs is 1. The van der Waals surface area contributed by atoms with Crippen LogP contribution in [-0.4, -0.2) is 96.0 Å². The van der Waals surface area contributed by atoms with Gasteiger partial charge in [0, 0.05) is 24.7 Å². The van der Waals surface area contributed by atoms with Crippen LogP contribution in [0.3, 0.4) is 0 Å². The summed E-state index contributed by atoms with van der Waals surface area (Å²) in [6.07, 6.45) is -2.82. The van der Waals surface area contributed by atoms with Crippen LogP contribution in [0.4, 0.5) is 26.3 Å². The first-order valence-electron chi connectivity index (χ1n) is 15.7. The molecular formula is C29H33F6NO11S. The summed E-state index contributed by atoms with van der Waals surface area (Å²) in [7, 11) is -5.99. The van der Waals surface area contributed by atoms with E-state index in [9.17, 15) is 53.9 Å². The third-order valence-electron chi connectivity index (χ3n) is 12.1. The van der Waals surface area contributed by atoms with Crippen LogP contribution in [0.1, 0.15) is 52.4 Å². The third kappa shape index (κ3) is 4.47. The molecule has 8 rings (SSSR count). The second kappa shape index (κ2) is 10.3. The third-order valence-corrected chi connectivity index (χ3v) is 13.1. The van der Waals surface area contributed by atoms with Crippen LogP contribution in [0.25, 0.3) is 0 Å². The second-order valence-electron chi connectivity index (χ2n) is 14.7. The molecule has 2 saturated heterocycles. The summed E-state index contributed by atoms with van der Waals surface area (Å²) < 4.78 is 138. The van der Waals surface area contributed by atoms with Crippen LogP contribution >= 0.6 is 0 Å². The lowest BCUT2D eigenvalue weighted by Gasteiger charge is -2.62. The van der Waals surface area contributed by atoms with E-state index in [2.05, 4.69) is 0 Å². The number of carbonyl (C=O) groups excluding carboxylic acids is 4. The number of halogens is 6. The average molecular weight is 718 g/mol. The van der Waals surface area contributed by atoms with Gasteiger partial charge >= 0.3 is 39.2 Å². The average Bonchev–Trinajstić information content (AvgIpc) is 3.56. The molecule has 0 aromatic carbocycles. The number of nitrogens with zero attached hydrogens (tertiary/aromatic N) is 1. The molecular weight excluding hydrogens is 684 g/mol. The Morgan fingerprint density at radius 1 is 0.979 bits per heavy atom. The van der Waals surface area contributed by atoms with Gasteiger partial charge in [0.05, 0.1) is 23.3 Å². The lowest BCUT2D eigenvalue weighted by molar-refractivity contribution is -0.346. The Bertz CT molecular complexity index is 1540. The maximum absolute atomic E-state index is 14.2. The largest absolute Gasteiger partial charge is 0.459 e. The van der Waals surface area contributed by atoms with Crippen LogP contribution in [0.2, 0.25) is 0 Å². The van der Waals surface area contributed by atoms with Crippen molar-refractivity contribution in [3.63, 3.8) is 0 Å². The molecule has 12 nitrogen and oxygen atoms in total. The molecule has 2 aliphatic heterocycles. The van der Waals surface area contributed by atoms with Gasteiger partial charge in [-0.15, -0.1) is 0 Å². The molecule has 9 unspecified atom stereocenters. The van der Waals surface area contributed by atoms with E-state index < -0.39 is 129 Å². The summed E-state index contributed by atoms with van der Waals surface area (Å²) in [5.41, 5.74) is -1.22. The molecule has 1 N–H and O–H groups in total. The van der Waals surface area contributed by atoms with Gasteiger partial charge in [-0.25, -0.2) is 0 Å². The summed E-state index contributed by atoms with van der Waals surface area (Å²) in [4.78, 5) is 54.4. The maximum atomic E-state index is 14.2. The second-order valence-corrected chi connectivity index (χ2v) is 16.1. The van der Waals surface area contributed by atoms with E-state index in [0.29, 0.717) is 26.2 Å². The Labute approximate surface area is 269 Å². The number of rotatable bonds is 6. The summed E-state index contributed by atoms with van der Waals surface area (Å²) in [6.45, 7) is -1.49. The normalized spacial score (nSPS) is 42.1. The molecule has 0 radical (unpaired) electrons. The lowest BCUT2D eigenvalue weighted by Crippen LogP contribution is -2.65. The number of esters is 2. The van der Waals surface area contributed by atoms with E-state index in [-0.39, 0.29) is 25.2 Å². The van der Waals surface area contributed by atoms with Gasteiger partial charge in [-0.3, -0.25) is 28.6 Å². The molecule has 0 aromatic heterocycles. The van der Waals surface area contributed by atoms with Crippen molar-refractivity contribution < 1.29 is 77.4 Å². The molecule has 6 aliphatic carbocycles. The highest BCUT2D eigenvalue weighted by Gasteiger charge is 2.74. The Morgan fingerprint density at radius 3 is 2.06 bits per heavy atom. The number of hydrogen-bond acceptors (Lipinski definition) is 10. The lowest BCUT2D eigenvalue weighted by atomic mass is 9.47. The highest BCUT2D eigenvalue weighted by Crippen LogP contribution is 2.67. The van der Waals surface area contributed by atoms with Crippen molar-refractivity contribution in [2.45, 2.75) is 93.5 Å². The number of likely N-dealkylation sites (tertiary alicyclic amines) is 1. The minimum absolute atomic E-state index is 0.00681. The van der Waals surface area contributed by atoms with Crippen LogP contribution in [-0.2, 0) is 48.2 Å². The maximum Gasteiger partial charge on any atom is 0.405 e. The highest BCUT2D eigenvalue weighted by atomic mass is 32.2. The number of carbonyl (C=O) groups is 4. The zero-order valence-corrected chi connectivity index (χ0v) is 26.4. The van der Waals surface area contributed by atoms with E-state index in [1.54, 1.807) is 0 Å². The van der Waals surface area contributed by atoms with E-state index in [1.165, 1.54) is 0 Å². The first-order valence-corrected chi connectivity index (χ1v) is 17.1. The van der Waals surface area contributed by atoms with Gasteiger partial charge in [0.2, 0.25) is 11.8 Å². The molecule has 8 fully saturated rings. The molecule has 48 heavy (non-hydrogen) atoms. The first kappa shape index (κ1) is 34.0. The van der Waals surface area contributed by atoms with Crippen molar-refractivity contribution in [1.29, 1.82) is 0 Å². The smallest absolute Gasteiger partial charge is 0.405 e. The van der Waals surface area contributed by atoms with Crippen molar-refractivity contribution in [1.82, 2.24) is 4.90 Å². The van der Waals surface area contributed by atoms with Crippen molar-refractivity contribution >= 4 is 33.9 Å². The molecule has 1 spiro atoms. The fourth-order valence-corrected chi connectivity index (χ4v) is 10.7. The van der Waals surface area contributed by atoms with Crippen molar-refractivity contribution in [2.24, 2.45) is 46.8 Å². The monoisotopic (exact) mass is 717 g/mol. The van der Waals surface area contributed by atoms with Gasteiger partial charge in [0.1, 0.15) is 19.3 Å². The number of ether oxygens (including phenoxy) is 4. The fourth-order valence-electron chi connectivity index (χ4n) is 10.2. The molecule has 0 aromatic rings. The molecule has 268 valence electrons. The van der Waals surface area contributed by atoms with Crippen molar-refractivity contribution in [3.8, 4) is 0 Å². The Hall–Kier alpha value is -2.51. The predicted octanol–water partition coefficient (Wildman–Crippen LogP) is 2.79. The van der Waals surface area contributed by atoms with Crippen LogP contribution in [0.15, 0.2) is 0 Å². The Morgan fingerprint density at radius 2 is 1.54 bits per heavy atom. The summed E-state index contributed by atoms with van der Waals surface area (Å²) in [6, 6.07) is -0.979. The minimum atomic E-state index is -5.99. The van der Waals surface area contributed by atoms with Gasteiger partial charge in [0.25, 0.3) is 0 Å². The molecule has 9 atom stereocenters. The number of amides is 2. The number of imide groups is 1. The Kier molecular flexibility index (Phi) is 7.27. The quantitative estimate of drug-likeness (QED) is 0.244. The molecule has 2 amide bonds. The standard InChI is InChI=1S/C29H33F6NO11S/c1-11(29(34,35)48(41,42)43)46-23(39)19-17-5-16-18(19)22(38)36(12(2)37)20(16)21(17)47-24(40)25-6-13-3-14(7-25)28(15(4-13)8-25)44-9-26(30,31)27(32,33)10-45-28/h11,13-21H,3-10H2,1-2H3,(H,41,42,43). The summed E-state index contributed by atoms with van der Waals surface area (Å²) >= 11 is 0. The number of hydrogen-bond donors (Lipinski definition) is 1. The van der Waals surface area contributed by atoms with E-state index in [4.69, 9.17) is 23.5 Å². The van der Waals surface area contributed by atoms with Gasteiger partial charge in [-0.1, -0.05) is 0 Å². The van der Waals surface area contributed by atoms with Gasteiger partial charge in [-0.2, -0.15) is 34.8 Å². The van der Waals surface area contributed by atoms with E-state index >= 15 is 0 Å². The van der Waals surface area contributed by atoms with E-state index in [0.717, 1.165) is 11.8 Å². The van der Waals surface area contributed by atoms with Gasteiger partial charge < -0.3 is 18.9 Å². The summed E-state index contributed by atoms with van der Waals surface area (Å²) in [5, 5.41) is -4.88. The van der Waals surface area contributed by atoms with Crippen molar-refractivity contribution in [2.75, 3.05) is 13.2 Å². The van der Waals surface area contributed by atoms with Gasteiger partial charge in [-0.05, 0) is 57.3 Å². The number of alkyl halides is 6. The molecule has 19 heteroatoms. The molecule has 6 saturated carbocycles. The highest BCUT2D eigenvalue weighted by molar-refractivity contribution is 7.86. The van der Waals surface area contributed by atoms with Crippen LogP contribution < -0.4 is 0 Å². The fraction of sp³-hybridized carbons (Fsp3) is 0.862. The van der Waals surface area contributed by atoms with E-state index in [1.807, 2.05) is 0 Å². The molecule has 2 heterocycles. The topological polar surface area (TPSA) is 163 Å². The Balaban J connectivity index is 1.14. The SMILES string of the molecule is CC(=O)N1C(=O)C2C3CC(C(OC(=O)C45CC6CC(C4)C4(OCC(F)(F)C(F)(F)CO4)C(C6)C5)C31)C2C(=O)OC(C)C(F)(F)S(=O)(=O)O. The zero-order chi connectivity index (χ0) is 35.1. The predicted molar refractivity (Wildman–Crippen MR) is 142 cm³/mol. The minimum Gasteiger partial charge on any atom is -0.459 e. The van der Waals surface area contributed by atoms with Gasteiger partial charge in [0.15, 0.2) is 11.9 Å². The molecule has 6 bridgehead atoms. The zero-order valence-electron chi connectivity index (χ0n) is 25.6. The first-order chi connectivity index (χ1) is 22.1. The van der Waals surface area contributed by atoms with Crippen LogP contribution in [0, 0.1) is 46.8 Å². The van der Waals surface area contributed by atoms with Crippen LogP contribution in [0.5, 0.6) is 0 Å². The van der Waals surface area contributed by atoms with Crippen molar-refractivity contribution in [3.05, 3.63) is 0 Å². The summed E-state index contributed by atoms with van der Waals surface area (Å²) in [5.74, 6) is -20.3. The molecule has 8 aliphatic rings.